The van der Waals surface area contributed by atoms with E-state index in [9.17, 15) is 9.59 Å². The van der Waals surface area contributed by atoms with Crippen molar-refractivity contribution in [3.8, 4) is 0 Å². The van der Waals surface area contributed by atoms with Crippen LogP contribution >= 0.6 is 0 Å². The van der Waals surface area contributed by atoms with Gasteiger partial charge < -0.3 is 15.3 Å². The number of nitrogens with zero attached hydrogens (tertiary/aromatic N) is 1. The second-order valence-corrected chi connectivity index (χ2v) is 5.62. The summed E-state index contributed by atoms with van der Waals surface area (Å²) >= 11 is 0. The van der Waals surface area contributed by atoms with Gasteiger partial charge in [0.1, 0.15) is 0 Å². The molecule has 0 spiro atoms. The Bertz CT molecular complexity index is 516. The van der Waals surface area contributed by atoms with Crippen LogP contribution in [0.1, 0.15) is 30.4 Å². The fourth-order valence-electron chi connectivity index (χ4n) is 2.67. The highest BCUT2D eigenvalue weighted by Crippen LogP contribution is 2.21. The van der Waals surface area contributed by atoms with Crippen molar-refractivity contribution in [2.24, 2.45) is 5.92 Å². The molecule has 1 aromatic rings. The minimum atomic E-state index is -0.766. The van der Waals surface area contributed by atoms with E-state index in [1.165, 1.54) is 5.56 Å². The Hall–Kier alpha value is -2.04. The minimum absolute atomic E-state index is 0.0592. The van der Waals surface area contributed by atoms with Gasteiger partial charge in [0.25, 0.3) is 0 Å². The van der Waals surface area contributed by atoms with E-state index < -0.39 is 5.97 Å². The third-order valence-electron chi connectivity index (χ3n) is 4.03. The van der Waals surface area contributed by atoms with Crippen molar-refractivity contribution in [2.45, 2.75) is 32.7 Å². The van der Waals surface area contributed by atoms with Crippen LogP contribution in [0.5, 0.6) is 0 Å². The van der Waals surface area contributed by atoms with Gasteiger partial charge in [-0.1, -0.05) is 24.3 Å². The van der Waals surface area contributed by atoms with Crippen molar-refractivity contribution in [2.75, 3.05) is 13.1 Å². The van der Waals surface area contributed by atoms with Crippen molar-refractivity contribution in [3.63, 3.8) is 0 Å². The lowest BCUT2D eigenvalue weighted by atomic mass is 10.0. The number of nitrogens with one attached hydrogen (secondary N) is 1. The molecule has 1 fully saturated rings. The molecular weight excluding hydrogens is 268 g/mol. The molecule has 2 amide bonds. The largest absolute Gasteiger partial charge is 0.481 e. The summed E-state index contributed by atoms with van der Waals surface area (Å²) in [7, 11) is 0. The summed E-state index contributed by atoms with van der Waals surface area (Å²) in [5.74, 6) is -0.456. The van der Waals surface area contributed by atoms with Crippen LogP contribution in [0.3, 0.4) is 0 Å². The van der Waals surface area contributed by atoms with Crippen LogP contribution in [-0.4, -0.2) is 35.1 Å². The zero-order chi connectivity index (χ0) is 15.2. The zero-order valence-corrected chi connectivity index (χ0v) is 12.3. The maximum absolute atomic E-state index is 12.1. The Labute approximate surface area is 125 Å². The molecule has 5 nitrogen and oxygen atoms in total. The normalized spacial score (nSPS) is 17.8. The van der Waals surface area contributed by atoms with Gasteiger partial charge in [0.05, 0.1) is 0 Å². The Morgan fingerprint density at radius 2 is 2.14 bits per heavy atom. The monoisotopic (exact) mass is 290 g/mol. The molecule has 1 atom stereocenters. The van der Waals surface area contributed by atoms with Crippen LogP contribution in [-0.2, 0) is 11.3 Å². The van der Waals surface area contributed by atoms with Crippen molar-refractivity contribution < 1.29 is 14.7 Å². The number of hydrogen-bond donors (Lipinski definition) is 2. The zero-order valence-electron chi connectivity index (χ0n) is 12.3. The number of rotatable bonds is 5. The Morgan fingerprint density at radius 1 is 1.38 bits per heavy atom. The van der Waals surface area contributed by atoms with Gasteiger partial charge in [-0.25, -0.2) is 4.79 Å². The molecule has 0 bridgehead atoms. The highest BCUT2D eigenvalue weighted by molar-refractivity contribution is 5.74. The molecule has 5 heteroatoms. The van der Waals surface area contributed by atoms with Crippen molar-refractivity contribution in [1.82, 2.24) is 10.2 Å². The first-order valence-corrected chi connectivity index (χ1v) is 7.35. The predicted octanol–water partition coefficient (Wildman–Crippen LogP) is 2.39. The van der Waals surface area contributed by atoms with Crippen LogP contribution in [0.2, 0.25) is 0 Å². The van der Waals surface area contributed by atoms with Gasteiger partial charge in [-0.05, 0) is 36.8 Å². The molecule has 1 unspecified atom stereocenters. The second kappa shape index (κ2) is 7.11. The van der Waals surface area contributed by atoms with Crippen LogP contribution in [0.15, 0.2) is 24.3 Å². The van der Waals surface area contributed by atoms with Gasteiger partial charge >= 0.3 is 12.0 Å². The lowest BCUT2D eigenvalue weighted by Crippen LogP contribution is -2.38. The van der Waals surface area contributed by atoms with Gasteiger partial charge in [0, 0.05) is 26.1 Å². The standard InChI is InChI=1S/C16H22N2O3/c1-12-4-2-3-5-14(12)10-17-16(21)18-9-8-13(11-18)6-7-15(19)20/h2-5,13H,6-11H2,1H3,(H,17,21)(H,19,20). The highest BCUT2D eigenvalue weighted by Gasteiger charge is 2.26. The molecule has 1 aliphatic heterocycles. The summed E-state index contributed by atoms with van der Waals surface area (Å²) in [6.45, 7) is 3.93. The van der Waals surface area contributed by atoms with Crippen LogP contribution in [0, 0.1) is 12.8 Å². The third-order valence-corrected chi connectivity index (χ3v) is 4.03. The average molecular weight is 290 g/mol. The van der Waals surface area contributed by atoms with Crippen LogP contribution in [0.25, 0.3) is 0 Å². The maximum Gasteiger partial charge on any atom is 0.317 e. The molecule has 1 aromatic carbocycles. The van der Waals surface area contributed by atoms with E-state index in [0.717, 1.165) is 12.0 Å². The van der Waals surface area contributed by atoms with E-state index in [2.05, 4.69) is 5.32 Å². The van der Waals surface area contributed by atoms with Gasteiger partial charge in [-0.15, -0.1) is 0 Å². The molecule has 2 N–H and O–H groups in total. The molecule has 0 aromatic heterocycles. The molecule has 0 radical (unpaired) electrons. The van der Waals surface area contributed by atoms with Crippen molar-refractivity contribution >= 4 is 12.0 Å². The van der Waals surface area contributed by atoms with Crippen molar-refractivity contribution in [1.29, 1.82) is 0 Å². The number of likely N-dealkylation sites (tertiary alicyclic amines) is 1. The number of amides is 2. The Morgan fingerprint density at radius 3 is 2.86 bits per heavy atom. The van der Waals surface area contributed by atoms with Gasteiger partial charge in [-0.3, -0.25) is 4.79 Å². The Kier molecular flexibility index (Phi) is 5.20. The number of benzene rings is 1. The summed E-state index contributed by atoms with van der Waals surface area (Å²) < 4.78 is 0. The first-order chi connectivity index (χ1) is 10.1. The van der Waals surface area contributed by atoms with E-state index in [1.807, 2.05) is 31.2 Å². The minimum Gasteiger partial charge on any atom is -0.481 e. The Balaban J connectivity index is 1.77. The molecule has 0 aliphatic carbocycles. The summed E-state index contributed by atoms with van der Waals surface area (Å²) in [5.41, 5.74) is 2.28. The summed E-state index contributed by atoms with van der Waals surface area (Å²) in [5, 5.41) is 11.6. The van der Waals surface area contributed by atoms with E-state index >= 15 is 0 Å². The number of carboxylic acids is 1. The quantitative estimate of drug-likeness (QED) is 0.874. The summed E-state index contributed by atoms with van der Waals surface area (Å²) in [4.78, 5) is 24.5. The number of carbonyl (C=O) groups is 2. The van der Waals surface area contributed by atoms with Crippen LogP contribution < -0.4 is 5.32 Å². The molecular formula is C16H22N2O3. The lowest BCUT2D eigenvalue weighted by molar-refractivity contribution is -0.137. The van der Waals surface area contributed by atoms with E-state index in [4.69, 9.17) is 5.11 Å². The van der Waals surface area contributed by atoms with Crippen molar-refractivity contribution in [3.05, 3.63) is 35.4 Å². The third kappa shape index (κ3) is 4.48. The first kappa shape index (κ1) is 15.4. The molecule has 1 saturated heterocycles. The smallest absolute Gasteiger partial charge is 0.317 e. The number of carbonyl (C=O) groups excluding carboxylic acids is 1. The topological polar surface area (TPSA) is 69.6 Å². The SMILES string of the molecule is Cc1ccccc1CNC(=O)N1CCC(CCC(=O)O)C1. The van der Waals surface area contributed by atoms with Gasteiger partial charge in [0.15, 0.2) is 0 Å². The fraction of sp³-hybridized carbons (Fsp3) is 0.500. The molecule has 1 heterocycles. The number of aliphatic carboxylic acids is 1. The number of hydrogen-bond acceptors (Lipinski definition) is 2. The first-order valence-electron chi connectivity index (χ1n) is 7.35. The molecule has 114 valence electrons. The second-order valence-electron chi connectivity index (χ2n) is 5.62. The highest BCUT2D eigenvalue weighted by atomic mass is 16.4. The average Bonchev–Trinajstić information content (AvgIpc) is 2.93. The maximum atomic E-state index is 12.1. The number of urea groups is 1. The molecule has 21 heavy (non-hydrogen) atoms. The molecule has 0 saturated carbocycles. The van der Waals surface area contributed by atoms with E-state index in [1.54, 1.807) is 4.90 Å². The summed E-state index contributed by atoms with van der Waals surface area (Å²) in [6.07, 6.45) is 1.73. The summed E-state index contributed by atoms with van der Waals surface area (Å²) in [6, 6.07) is 7.92. The predicted molar refractivity (Wildman–Crippen MR) is 80.0 cm³/mol. The lowest BCUT2D eigenvalue weighted by Gasteiger charge is -2.18. The number of carboxylic acid groups (broad SMARTS) is 1. The van der Waals surface area contributed by atoms with E-state index in [-0.39, 0.29) is 12.5 Å². The molecule has 2 rings (SSSR count). The van der Waals surface area contributed by atoms with E-state index in [0.29, 0.717) is 32.0 Å². The molecule has 1 aliphatic rings. The van der Waals surface area contributed by atoms with Gasteiger partial charge in [0.2, 0.25) is 0 Å². The number of aryl methyl sites for hydroxylation is 1. The van der Waals surface area contributed by atoms with Gasteiger partial charge in [-0.2, -0.15) is 0 Å². The fourth-order valence-corrected chi connectivity index (χ4v) is 2.67. The van der Waals surface area contributed by atoms with Crippen LogP contribution in [0.4, 0.5) is 4.79 Å².